The normalized spacial score (nSPS) is 10.1. The number of halogens is 1. The molecule has 0 aliphatic rings. The number of nitrogens with two attached hydrogens (primary N) is 1. The zero-order valence-corrected chi connectivity index (χ0v) is 8.75. The molecule has 0 bridgehead atoms. The third kappa shape index (κ3) is 2.42. The molecule has 0 aliphatic heterocycles. The summed E-state index contributed by atoms with van der Waals surface area (Å²) in [4.78, 5) is 11.4. The Morgan fingerprint density at radius 1 is 1.71 bits per heavy atom. The number of aromatic nitrogens is 1. The molecule has 0 fully saturated rings. The molecule has 2 N–H and O–H groups in total. The summed E-state index contributed by atoms with van der Waals surface area (Å²) in [7, 11) is 0. The van der Waals surface area contributed by atoms with Gasteiger partial charge in [-0.15, -0.1) is 11.6 Å². The Balaban J connectivity index is 2.88. The summed E-state index contributed by atoms with van der Waals surface area (Å²) >= 11 is 5.59. The van der Waals surface area contributed by atoms with E-state index in [1.54, 1.807) is 23.8 Å². The van der Waals surface area contributed by atoms with E-state index in [1.807, 2.05) is 0 Å². The van der Waals surface area contributed by atoms with E-state index in [9.17, 15) is 4.79 Å². The van der Waals surface area contributed by atoms with Gasteiger partial charge in [0.2, 0.25) is 0 Å². The predicted molar refractivity (Wildman–Crippen MR) is 55.5 cm³/mol. The number of nitrogens with zero attached hydrogens (tertiary/aromatic N) is 1. The number of aryl methyl sites for hydroxylation is 1. The van der Waals surface area contributed by atoms with Gasteiger partial charge < -0.3 is 15.0 Å². The fraction of sp³-hybridized carbons (Fsp3) is 0.444. The van der Waals surface area contributed by atoms with Gasteiger partial charge in [0.1, 0.15) is 5.69 Å². The van der Waals surface area contributed by atoms with E-state index in [0.29, 0.717) is 30.4 Å². The number of ether oxygens (including phenoxy) is 1. The van der Waals surface area contributed by atoms with Gasteiger partial charge in [-0.2, -0.15) is 0 Å². The fourth-order valence-corrected chi connectivity index (χ4v) is 1.37. The first kappa shape index (κ1) is 10.9. The van der Waals surface area contributed by atoms with Gasteiger partial charge in [-0.3, -0.25) is 0 Å². The molecule has 1 aromatic rings. The van der Waals surface area contributed by atoms with Crippen LogP contribution >= 0.6 is 11.6 Å². The standard InChI is InChI=1S/C9H13ClN2O2/c1-2-14-9(13)8-5-7(11)6-12(8)4-3-10/h5-6H,2-4,11H2,1H3. The Hall–Kier alpha value is -1.16. The first-order valence-corrected chi connectivity index (χ1v) is 4.91. The van der Waals surface area contributed by atoms with Crippen molar-refractivity contribution in [1.82, 2.24) is 4.57 Å². The van der Waals surface area contributed by atoms with Crippen molar-refractivity contribution < 1.29 is 9.53 Å². The van der Waals surface area contributed by atoms with Crippen molar-refractivity contribution in [3.63, 3.8) is 0 Å². The van der Waals surface area contributed by atoms with Gasteiger partial charge in [0.15, 0.2) is 0 Å². The first-order valence-electron chi connectivity index (χ1n) is 4.37. The Kier molecular flexibility index (Phi) is 3.83. The summed E-state index contributed by atoms with van der Waals surface area (Å²) in [5.74, 6) is 0.0647. The van der Waals surface area contributed by atoms with Crippen LogP contribution in [0.5, 0.6) is 0 Å². The van der Waals surface area contributed by atoms with Crippen molar-refractivity contribution in [1.29, 1.82) is 0 Å². The molecule has 78 valence electrons. The molecule has 0 spiro atoms. The molecule has 1 heterocycles. The van der Waals surface area contributed by atoms with Crippen LogP contribution in [0.4, 0.5) is 5.69 Å². The van der Waals surface area contributed by atoms with Crippen molar-refractivity contribution in [2.45, 2.75) is 13.5 Å². The average molecular weight is 217 g/mol. The van der Waals surface area contributed by atoms with Crippen LogP contribution in [-0.2, 0) is 11.3 Å². The van der Waals surface area contributed by atoms with E-state index < -0.39 is 0 Å². The van der Waals surface area contributed by atoms with E-state index >= 15 is 0 Å². The number of rotatable bonds is 4. The van der Waals surface area contributed by atoms with Gasteiger partial charge in [0.25, 0.3) is 0 Å². The largest absolute Gasteiger partial charge is 0.461 e. The van der Waals surface area contributed by atoms with E-state index in [1.165, 1.54) is 0 Å². The molecular weight excluding hydrogens is 204 g/mol. The zero-order valence-electron chi connectivity index (χ0n) is 8.00. The molecule has 5 heteroatoms. The van der Waals surface area contributed by atoms with Crippen LogP contribution in [0.3, 0.4) is 0 Å². The molecule has 0 unspecified atom stereocenters. The van der Waals surface area contributed by atoms with Crippen molar-refractivity contribution in [3.8, 4) is 0 Å². The lowest BCUT2D eigenvalue weighted by atomic mass is 10.4. The van der Waals surface area contributed by atoms with Gasteiger partial charge in [0.05, 0.1) is 12.3 Å². The highest BCUT2D eigenvalue weighted by Gasteiger charge is 2.12. The maximum atomic E-state index is 11.4. The number of hydrogen-bond acceptors (Lipinski definition) is 3. The minimum atomic E-state index is -0.366. The molecule has 0 saturated carbocycles. The SMILES string of the molecule is CCOC(=O)c1cc(N)cn1CCCl. The topological polar surface area (TPSA) is 57.2 Å². The fourth-order valence-electron chi connectivity index (χ4n) is 1.18. The van der Waals surface area contributed by atoms with Gasteiger partial charge in [-0.25, -0.2) is 4.79 Å². The number of hydrogen-bond donors (Lipinski definition) is 1. The maximum absolute atomic E-state index is 11.4. The zero-order chi connectivity index (χ0) is 10.6. The van der Waals surface area contributed by atoms with E-state index in [0.717, 1.165) is 0 Å². The van der Waals surface area contributed by atoms with Gasteiger partial charge in [-0.05, 0) is 13.0 Å². The summed E-state index contributed by atoms with van der Waals surface area (Å²) in [6.45, 7) is 2.66. The Morgan fingerprint density at radius 2 is 2.43 bits per heavy atom. The van der Waals surface area contributed by atoms with Crippen molar-refractivity contribution in [2.24, 2.45) is 0 Å². The van der Waals surface area contributed by atoms with Crippen LogP contribution in [-0.4, -0.2) is 23.0 Å². The highest BCUT2D eigenvalue weighted by Crippen LogP contribution is 2.12. The number of carbonyl (C=O) groups excluding carboxylic acids is 1. The molecule has 0 aromatic carbocycles. The summed E-state index contributed by atoms with van der Waals surface area (Å²) in [5, 5.41) is 0. The summed E-state index contributed by atoms with van der Waals surface area (Å²) in [5.41, 5.74) is 6.56. The maximum Gasteiger partial charge on any atom is 0.355 e. The lowest BCUT2D eigenvalue weighted by Crippen LogP contribution is -2.12. The minimum absolute atomic E-state index is 0.352. The molecule has 14 heavy (non-hydrogen) atoms. The average Bonchev–Trinajstić information content (AvgIpc) is 2.48. The molecule has 0 saturated heterocycles. The third-order valence-corrected chi connectivity index (χ3v) is 1.90. The van der Waals surface area contributed by atoms with Crippen LogP contribution in [0, 0.1) is 0 Å². The summed E-state index contributed by atoms with van der Waals surface area (Å²) in [6.07, 6.45) is 1.68. The molecule has 0 amide bonds. The molecule has 1 rings (SSSR count). The Bertz CT molecular complexity index is 323. The summed E-state index contributed by atoms with van der Waals surface area (Å²) in [6, 6.07) is 1.59. The predicted octanol–water partition coefficient (Wildman–Crippen LogP) is 1.49. The molecule has 0 aliphatic carbocycles. The minimum Gasteiger partial charge on any atom is -0.461 e. The van der Waals surface area contributed by atoms with Crippen molar-refractivity contribution in [2.75, 3.05) is 18.2 Å². The van der Waals surface area contributed by atoms with Gasteiger partial charge >= 0.3 is 5.97 Å². The Labute approximate surface area is 87.6 Å². The lowest BCUT2D eigenvalue weighted by Gasteiger charge is -2.05. The number of nitrogen functional groups attached to an aromatic ring is 1. The lowest BCUT2D eigenvalue weighted by molar-refractivity contribution is 0.0514. The van der Waals surface area contributed by atoms with Crippen LogP contribution in [0.15, 0.2) is 12.3 Å². The molecule has 0 radical (unpaired) electrons. The third-order valence-electron chi connectivity index (χ3n) is 1.73. The molecular formula is C9H13ClN2O2. The highest BCUT2D eigenvalue weighted by molar-refractivity contribution is 6.17. The van der Waals surface area contributed by atoms with E-state index in [-0.39, 0.29) is 5.97 Å². The molecule has 1 aromatic heterocycles. The summed E-state index contributed by atoms with van der Waals surface area (Å²) < 4.78 is 6.56. The van der Waals surface area contributed by atoms with Crippen LogP contribution in [0.2, 0.25) is 0 Å². The number of carbonyl (C=O) groups is 1. The molecule has 0 atom stereocenters. The van der Waals surface area contributed by atoms with Gasteiger partial charge in [-0.1, -0.05) is 0 Å². The molecule has 4 nitrogen and oxygen atoms in total. The van der Waals surface area contributed by atoms with Crippen LogP contribution in [0.1, 0.15) is 17.4 Å². The van der Waals surface area contributed by atoms with Gasteiger partial charge in [0, 0.05) is 18.6 Å². The highest BCUT2D eigenvalue weighted by atomic mass is 35.5. The van der Waals surface area contributed by atoms with E-state index in [4.69, 9.17) is 22.1 Å². The second-order valence-electron chi connectivity index (χ2n) is 2.76. The number of anilines is 1. The second-order valence-corrected chi connectivity index (χ2v) is 3.14. The van der Waals surface area contributed by atoms with Crippen molar-refractivity contribution in [3.05, 3.63) is 18.0 Å². The van der Waals surface area contributed by atoms with Crippen LogP contribution < -0.4 is 5.73 Å². The number of esters is 1. The van der Waals surface area contributed by atoms with Crippen molar-refractivity contribution >= 4 is 23.3 Å². The second kappa shape index (κ2) is 4.91. The quantitative estimate of drug-likeness (QED) is 0.613. The van der Waals surface area contributed by atoms with Crippen LogP contribution in [0.25, 0.3) is 0 Å². The Morgan fingerprint density at radius 3 is 3.00 bits per heavy atom. The number of alkyl halides is 1. The van der Waals surface area contributed by atoms with E-state index in [2.05, 4.69) is 0 Å². The monoisotopic (exact) mass is 216 g/mol. The first-order chi connectivity index (χ1) is 6.69. The smallest absolute Gasteiger partial charge is 0.355 e.